The molecule has 1 aromatic rings. The fourth-order valence-electron chi connectivity index (χ4n) is 1.42. The first-order valence-corrected chi connectivity index (χ1v) is 7.91. The molecule has 0 aliphatic rings. The SMILES string of the molecule is O=C(NCCCC(F)(F)F)c1cc(S(=O)(=O)Cl)ccc1F. The Balaban J connectivity index is 2.74. The van der Waals surface area contributed by atoms with E-state index in [-0.39, 0.29) is 13.0 Å². The van der Waals surface area contributed by atoms with Crippen LogP contribution >= 0.6 is 10.7 Å². The minimum Gasteiger partial charge on any atom is -0.352 e. The van der Waals surface area contributed by atoms with E-state index >= 15 is 0 Å². The fourth-order valence-corrected chi connectivity index (χ4v) is 2.19. The highest BCUT2D eigenvalue weighted by atomic mass is 35.7. The highest BCUT2D eigenvalue weighted by Gasteiger charge is 2.26. The summed E-state index contributed by atoms with van der Waals surface area (Å²) >= 11 is 0. The van der Waals surface area contributed by atoms with Crippen LogP contribution in [0, 0.1) is 5.82 Å². The van der Waals surface area contributed by atoms with Crippen LogP contribution < -0.4 is 5.32 Å². The van der Waals surface area contributed by atoms with Crippen molar-refractivity contribution in [3.63, 3.8) is 0 Å². The molecule has 0 fully saturated rings. The lowest BCUT2D eigenvalue weighted by Crippen LogP contribution is -2.26. The molecule has 10 heteroatoms. The lowest BCUT2D eigenvalue weighted by molar-refractivity contribution is -0.135. The van der Waals surface area contributed by atoms with Crippen molar-refractivity contribution in [3.05, 3.63) is 29.6 Å². The van der Waals surface area contributed by atoms with Gasteiger partial charge in [0.2, 0.25) is 0 Å². The molecule has 0 spiro atoms. The summed E-state index contributed by atoms with van der Waals surface area (Å²) < 4.78 is 71.3. The smallest absolute Gasteiger partial charge is 0.352 e. The summed E-state index contributed by atoms with van der Waals surface area (Å²) in [5, 5.41) is 2.07. The maximum absolute atomic E-state index is 13.4. The quantitative estimate of drug-likeness (QED) is 0.506. The van der Waals surface area contributed by atoms with E-state index in [2.05, 4.69) is 5.32 Å². The van der Waals surface area contributed by atoms with Crippen molar-refractivity contribution in [3.8, 4) is 0 Å². The zero-order chi connectivity index (χ0) is 16.3. The summed E-state index contributed by atoms with van der Waals surface area (Å²) in [6.07, 6.45) is -5.81. The molecule has 0 aromatic heterocycles. The van der Waals surface area contributed by atoms with Gasteiger partial charge in [0, 0.05) is 23.6 Å². The van der Waals surface area contributed by atoms with E-state index in [4.69, 9.17) is 10.7 Å². The van der Waals surface area contributed by atoms with Gasteiger partial charge in [0.05, 0.1) is 10.5 Å². The van der Waals surface area contributed by atoms with Crippen molar-refractivity contribution in [2.45, 2.75) is 23.9 Å². The second-order valence-corrected chi connectivity index (χ2v) is 6.62. The monoisotopic (exact) mass is 347 g/mol. The summed E-state index contributed by atoms with van der Waals surface area (Å²) in [6.45, 7) is -0.324. The maximum Gasteiger partial charge on any atom is 0.389 e. The van der Waals surface area contributed by atoms with Gasteiger partial charge in [0.25, 0.3) is 15.0 Å². The van der Waals surface area contributed by atoms with Gasteiger partial charge >= 0.3 is 6.18 Å². The van der Waals surface area contributed by atoms with Gasteiger partial charge in [-0.15, -0.1) is 0 Å². The van der Waals surface area contributed by atoms with Crippen LogP contribution in [0.5, 0.6) is 0 Å². The number of halogens is 5. The molecule has 0 bridgehead atoms. The van der Waals surface area contributed by atoms with Gasteiger partial charge in [-0.05, 0) is 24.6 Å². The Hall–Kier alpha value is -1.35. The molecule has 1 aromatic carbocycles. The van der Waals surface area contributed by atoms with Gasteiger partial charge in [-0.3, -0.25) is 4.79 Å². The van der Waals surface area contributed by atoms with Crippen LogP contribution in [0.15, 0.2) is 23.1 Å². The van der Waals surface area contributed by atoms with E-state index in [0.29, 0.717) is 0 Å². The summed E-state index contributed by atoms with van der Waals surface area (Å²) in [4.78, 5) is 11.1. The summed E-state index contributed by atoms with van der Waals surface area (Å²) in [7, 11) is 0.914. The topological polar surface area (TPSA) is 63.2 Å². The van der Waals surface area contributed by atoms with Crippen molar-refractivity contribution in [2.75, 3.05) is 6.54 Å². The standard InChI is InChI=1S/C11H10ClF4NO3S/c12-21(19,20)7-2-3-9(13)8(6-7)10(18)17-5-1-4-11(14,15)16/h2-3,6H,1,4-5H2,(H,17,18). The van der Waals surface area contributed by atoms with Crippen molar-refractivity contribution in [1.82, 2.24) is 5.32 Å². The molecule has 0 radical (unpaired) electrons. The molecule has 0 aliphatic carbocycles. The Morgan fingerprint density at radius 2 is 1.90 bits per heavy atom. The summed E-state index contributed by atoms with van der Waals surface area (Å²) in [5.41, 5.74) is -0.608. The van der Waals surface area contributed by atoms with Crippen LogP contribution in [0.1, 0.15) is 23.2 Å². The molecule has 0 heterocycles. The van der Waals surface area contributed by atoms with E-state index < -0.39 is 43.8 Å². The van der Waals surface area contributed by atoms with Gasteiger partial charge in [-0.25, -0.2) is 12.8 Å². The molecule has 21 heavy (non-hydrogen) atoms. The zero-order valence-corrected chi connectivity index (χ0v) is 11.9. The number of nitrogens with one attached hydrogen (secondary N) is 1. The van der Waals surface area contributed by atoms with Crippen molar-refractivity contribution in [1.29, 1.82) is 0 Å². The van der Waals surface area contributed by atoms with Gasteiger partial charge in [0.15, 0.2) is 0 Å². The second-order valence-electron chi connectivity index (χ2n) is 4.05. The molecule has 1 amide bonds. The van der Waals surface area contributed by atoms with Crippen LogP contribution in [-0.4, -0.2) is 27.0 Å². The average molecular weight is 348 g/mol. The van der Waals surface area contributed by atoms with E-state index in [1.165, 1.54) is 0 Å². The van der Waals surface area contributed by atoms with Crippen LogP contribution in [0.2, 0.25) is 0 Å². The Kier molecular flexibility index (Phi) is 5.57. The molecule has 0 saturated carbocycles. The molecule has 4 nitrogen and oxygen atoms in total. The highest BCUT2D eigenvalue weighted by molar-refractivity contribution is 8.13. The normalized spacial score (nSPS) is 12.2. The third kappa shape index (κ3) is 5.88. The van der Waals surface area contributed by atoms with E-state index in [1.54, 1.807) is 0 Å². The number of amides is 1. The minimum atomic E-state index is -4.34. The van der Waals surface area contributed by atoms with Gasteiger partial charge in [0.1, 0.15) is 5.82 Å². The molecule has 118 valence electrons. The molecule has 0 atom stereocenters. The minimum absolute atomic E-state index is 0.324. The average Bonchev–Trinajstić information content (AvgIpc) is 2.32. The van der Waals surface area contributed by atoms with Gasteiger partial charge in [-0.2, -0.15) is 13.2 Å². The Morgan fingerprint density at radius 3 is 2.43 bits per heavy atom. The van der Waals surface area contributed by atoms with Crippen molar-refractivity contribution in [2.24, 2.45) is 0 Å². The molecular weight excluding hydrogens is 338 g/mol. The van der Waals surface area contributed by atoms with Crippen LogP contribution in [0.4, 0.5) is 17.6 Å². The predicted molar refractivity (Wildman–Crippen MR) is 67.1 cm³/mol. The molecule has 1 rings (SSSR count). The summed E-state index contributed by atoms with van der Waals surface area (Å²) in [5.74, 6) is -2.02. The maximum atomic E-state index is 13.4. The zero-order valence-electron chi connectivity index (χ0n) is 10.4. The Labute approximate surface area is 122 Å². The number of hydrogen-bond donors (Lipinski definition) is 1. The van der Waals surface area contributed by atoms with Crippen molar-refractivity contribution >= 4 is 25.6 Å². The van der Waals surface area contributed by atoms with E-state index in [9.17, 15) is 30.8 Å². The molecule has 0 saturated heterocycles. The van der Waals surface area contributed by atoms with Crippen LogP contribution in [0.25, 0.3) is 0 Å². The number of alkyl halides is 3. The van der Waals surface area contributed by atoms with Crippen LogP contribution in [0.3, 0.4) is 0 Å². The van der Waals surface area contributed by atoms with Crippen molar-refractivity contribution < 1.29 is 30.8 Å². The first-order valence-electron chi connectivity index (χ1n) is 5.60. The van der Waals surface area contributed by atoms with E-state index in [0.717, 1.165) is 18.2 Å². The number of hydrogen-bond acceptors (Lipinski definition) is 3. The fraction of sp³-hybridized carbons (Fsp3) is 0.364. The first-order chi connectivity index (χ1) is 9.50. The second kappa shape index (κ2) is 6.61. The largest absolute Gasteiger partial charge is 0.389 e. The Morgan fingerprint density at radius 1 is 1.29 bits per heavy atom. The number of benzene rings is 1. The lowest BCUT2D eigenvalue weighted by Gasteiger charge is -2.08. The Bertz CT molecular complexity index is 631. The predicted octanol–water partition coefficient (Wildman–Crippen LogP) is 2.83. The number of rotatable bonds is 5. The third-order valence-electron chi connectivity index (χ3n) is 2.39. The number of carbonyl (C=O) groups is 1. The lowest BCUT2D eigenvalue weighted by atomic mass is 10.2. The summed E-state index contributed by atoms with van der Waals surface area (Å²) in [6, 6.07) is 2.33. The molecule has 1 N–H and O–H groups in total. The van der Waals surface area contributed by atoms with Gasteiger partial charge in [-0.1, -0.05) is 0 Å². The van der Waals surface area contributed by atoms with Gasteiger partial charge < -0.3 is 5.32 Å². The number of carbonyl (C=O) groups excluding carboxylic acids is 1. The molecule has 0 unspecified atom stereocenters. The highest BCUT2D eigenvalue weighted by Crippen LogP contribution is 2.21. The first kappa shape index (κ1) is 17.7. The van der Waals surface area contributed by atoms with E-state index in [1.807, 2.05) is 0 Å². The van der Waals surface area contributed by atoms with Crippen LogP contribution in [-0.2, 0) is 9.05 Å². The molecule has 0 aliphatic heterocycles. The third-order valence-corrected chi connectivity index (χ3v) is 3.74. The molecular formula is C11H10ClF4NO3S.